The van der Waals surface area contributed by atoms with Crippen LogP contribution in [0.5, 0.6) is 0 Å². The molecule has 0 aromatic rings. The average Bonchev–Trinajstić information content (AvgIpc) is 3.41. The van der Waals surface area contributed by atoms with Crippen molar-refractivity contribution in [3.63, 3.8) is 0 Å². The summed E-state index contributed by atoms with van der Waals surface area (Å²) in [5.41, 5.74) is 0. The number of carbonyl (C=O) groups is 2. The van der Waals surface area contributed by atoms with E-state index in [0.29, 0.717) is 23.9 Å². The van der Waals surface area contributed by atoms with Crippen LogP contribution in [0.15, 0.2) is 12.2 Å². The number of allylic oxidation sites excluding steroid dienone is 2. The second-order valence-corrected chi connectivity index (χ2v) is 26.4. The molecule has 0 saturated carbocycles. The molecule has 0 aliphatic heterocycles. The molecule has 1 N–H and O–H groups in total. The highest BCUT2D eigenvalue weighted by molar-refractivity contribution is 7.47. The summed E-state index contributed by atoms with van der Waals surface area (Å²) in [5.74, 6) is -0.777. The number of rotatable bonds is 65. The Morgan fingerprint density at radius 2 is 0.654 bits per heavy atom. The Balaban J connectivity index is 3.95. The van der Waals surface area contributed by atoms with E-state index in [9.17, 15) is 19.0 Å². The Labute approximate surface area is 486 Å². The predicted molar refractivity (Wildman–Crippen MR) is 335 cm³/mol. The third-order valence-electron chi connectivity index (χ3n) is 15.8. The van der Waals surface area contributed by atoms with Crippen molar-refractivity contribution in [1.29, 1.82) is 0 Å². The van der Waals surface area contributed by atoms with E-state index in [1.165, 1.54) is 295 Å². The topological polar surface area (TPSA) is 108 Å². The second-order valence-electron chi connectivity index (χ2n) is 24.9. The maximum Gasteiger partial charge on any atom is 0.472 e. The summed E-state index contributed by atoms with van der Waals surface area (Å²) in [5, 5.41) is 0. The van der Waals surface area contributed by atoms with Crippen LogP contribution in [0, 0.1) is 0 Å². The number of phosphoric ester groups is 1. The molecular formula is C68H135NO8P+. The Kier molecular flexibility index (Phi) is 59.4. The van der Waals surface area contributed by atoms with Crippen molar-refractivity contribution >= 4 is 19.8 Å². The first-order valence-electron chi connectivity index (χ1n) is 34.4. The van der Waals surface area contributed by atoms with Gasteiger partial charge in [-0.15, -0.1) is 0 Å². The molecule has 0 aromatic heterocycles. The fraction of sp³-hybridized carbons (Fsp3) is 0.941. The summed E-state index contributed by atoms with van der Waals surface area (Å²) in [6.07, 6.45) is 73.2. The van der Waals surface area contributed by atoms with E-state index < -0.39 is 26.5 Å². The van der Waals surface area contributed by atoms with Gasteiger partial charge in [0.15, 0.2) is 6.10 Å². The molecule has 0 amide bonds. The van der Waals surface area contributed by atoms with Gasteiger partial charge in [-0.25, -0.2) is 4.57 Å². The Hall–Kier alpha value is -1.25. The molecule has 0 bridgehead atoms. The molecule has 0 radical (unpaired) electrons. The summed E-state index contributed by atoms with van der Waals surface area (Å²) < 4.78 is 34.7. The smallest absolute Gasteiger partial charge is 0.462 e. The summed E-state index contributed by atoms with van der Waals surface area (Å²) in [6, 6.07) is 0. The van der Waals surface area contributed by atoms with Gasteiger partial charge < -0.3 is 18.9 Å². The van der Waals surface area contributed by atoms with Gasteiger partial charge in [-0.2, -0.15) is 0 Å². The molecule has 0 rings (SSSR count). The zero-order chi connectivity index (χ0) is 57.0. The Morgan fingerprint density at radius 3 is 0.949 bits per heavy atom. The molecule has 0 aliphatic rings. The maximum atomic E-state index is 12.8. The van der Waals surface area contributed by atoms with Crippen LogP contribution in [0.3, 0.4) is 0 Å². The average molecular weight is 1130 g/mol. The molecule has 2 unspecified atom stereocenters. The van der Waals surface area contributed by atoms with Gasteiger partial charge in [-0.1, -0.05) is 321 Å². The van der Waals surface area contributed by atoms with Gasteiger partial charge in [-0.3, -0.25) is 18.6 Å². The van der Waals surface area contributed by atoms with Gasteiger partial charge in [0.05, 0.1) is 27.7 Å². The predicted octanol–water partition coefficient (Wildman–Crippen LogP) is 21.9. The molecule has 0 spiro atoms. The van der Waals surface area contributed by atoms with Crippen molar-refractivity contribution in [3.8, 4) is 0 Å². The molecule has 0 aromatic carbocycles. The van der Waals surface area contributed by atoms with Crippen molar-refractivity contribution in [1.82, 2.24) is 0 Å². The van der Waals surface area contributed by atoms with E-state index in [-0.39, 0.29) is 25.6 Å². The van der Waals surface area contributed by atoms with E-state index in [1.54, 1.807) is 0 Å². The highest BCUT2D eigenvalue weighted by Gasteiger charge is 2.27. The molecule has 9 nitrogen and oxygen atoms in total. The molecule has 0 heterocycles. The first-order chi connectivity index (χ1) is 38.0. The largest absolute Gasteiger partial charge is 0.472 e. The van der Waals surface area contributed by atoms with Crippen LogP contribution in [0.4, 0.5) is 0 Å². The zero-order valence-corrected chi connectivity index (χ0v) is 53.8. The summed E-state index contributed by atoms with van der Waals surface area (Å²) in [7, 11) is 1.50. The molecule has 0 aliphatic carbocycles. The highest BCUT2D eigenvalue weighted by atomic mass is 31.2. The third-order valence-corrected chi connectivity index (χ3v) is 16.8. The van der Waals surface area contributed by atoms with Gasteiger partial charge in [0, 0.05) is 12.8 Å². The standard InChI is InChI=1S/C68H134NO8P/c1-6-8-10-12-14-16-18-20-22-24-26-28-29-30-31-32-33-34-35-36-37-38-39-41-42-44-46-48-50-52-54-56-58-60-67(70)74-64-66(65-76-78(72,73)75-63-62-69(3,4)5)77-68(71)61-59-57-55-53-51-49-47-45-43-40-27-25-23-21-19-17-15-13-11-9-7-2/h25,27,66H,6-24,26,28-65H2,1-5H3/p+1/b27-25-. The molecule has 464 valence electrons. The number of hydrogen-bond acceptors (Lipinski definition) is 7. The number of nitrogens with zero attached hydrogens (tertiary/aromatic N) is 1. The van der Waals surface area contributed by atoms with Gasteiger partial charge in [0.2, 0.25) is 0 Å². The van der Waals surface area contributed by atoms with E-state index in [2.05, 4.69) is 26.0 Å². The Bertz CT molecular complexity index is 1320. The minimum absolute atomic E-state index is 0.0352. The summed E-state index contributed by atoms with van der Waals surface area (Å²) in [4.78, 5) is 35.8. The molecule has 0 fully saturated rings. The minimum atomic E-state index is -4.39. The van der Waals surface area contributed by atoms with E-state index in [1.807, 2.05) is 21.1 Å². The van der Waals surface area contributed by atoms with Crippen LogP contribution in [-0.2, 0) is 32.7 Å². The number of likely N-dealkylation sites (N-methyl/N-ethyl adjacent to an activating group) is 1. The quantitative estimate of drug-likeness (QED) is 0.0211. The van der Waals surface area contributed by atoms with Crippen LogP contribution < -0.4 is 0 Å². The van der Waals surface area contributed by atoms with Crippen LogP contribution in [-0.4, -0.2) is 74.9 Å². The lowest BCUT2D eigenvalue weighted by atomic mass is 10.0. The second kappa shape index (κ2) is 60.3. The molecule has 0 saturated heterocycles. The third kappa shape index (κ3) is 63.9. The number of phosphoric acid groups is 1. The van der Waals surface area contributed by atoms with Gasteiger partial charge in [0.25, 0.3) is 0 Å². The first-order valence-corrected chi connectivity index (χ1v) is 35.9. The van der Waals surface area contributed by atoms with E-state index >= 15 is 0 Å². The van der Waals surface area contributed by atoms with Crippen molar-refractivity contribution in [2.75, 3.05) is 47.5 Å². The Morgan fingerprint density at radius 1 is 0.385 bits per heavy atom. The number of esters is 2. The summed E-state index contributed by atoms with van der Waals surface area (Å²) >= 11 is 0. The van der Waals surface area contributed by atoms with Gasteiger partial charge in [0.1, 0.15) is 19.8 Å². The SMILES string of the molecule is CCCCCCCCCC/C=C\CCCCCCCCCCCC(=O)OC(COC(=O)CCCCCCCCCCCCCCCCCCCCCCCCCCCCCCCCCCC)COP(=O)(O)OCC[N+](C)(C)C. The number of unbranched alkanes of at least 4 members (excludes halogenated alkanes) is 49. The molecular weight excluding hydrogens is 990 g/mol. The lowest BCUT2D eigenvalue weighted by molar-refractivity contribution is -0.870. The number of quaternary nitrogens is 1. The minimum Gasteiger partial charge on any atom is -0.462 e. The summed E-state index contributed by atoms with van der Waals surface area (Å²) in [6.45, 7) is 4.51. The van der Waals surface area contributed by atoms with Crippen LogP contribution in [0.2, 0.25) is 0 Å². The van der Waals surface area contributed by atoms with Crippen LogP contribution >= 0.6 is 7.82 Å². The van der Waals surface area contributed by atoms with Crippen molar-refractivity contribution < 1.29 is 42.1 Å². The van der Waals surface area contributed by atoms with Crippen LogP contribution in [0.25, 0.3) is 0 Å². The lowest BCUT2D eigenvalue weighted by Crippen LogP contribution is -2.37. The van der Waals surface area contributed by atoms with Crippen molar-refractivity contribution in [3.05, 3.63) is 12.2 Å². The molecule has 78 heavy (non-hydrogen) atoms. The van der Waals surface area contributed by atoms with Gasteiger partial charge in [-0.05, 0) is 38.5 Å². The zero-order valence-electron chi connectivity index (χ0n) is 52.9. The lowest BCUT2D eigenvalue weighted by Gasteiger charge is -2.24. The van der Waals surface area contributed by atoms with E-state index in [4.69, 9.17) is 18.5 Å². The maximum absolute atomic E-state index is 12.8. The molecule has 2 atom stereocenters. The van der Waals surface area contributed by atoms with Crippen molar-refractivity contribution in [2.24, 2.45) is 0 Å². The number of ether oxygens (including phenoxy) is 2. The molecule has 10 heteroatoms. The van der Waals surface area contributed by atoms with Crippen LogP contribution in [0.1, 0.15) is 361 Å². The number of carbonyl (C=O) groups excluding carboxylic acids is 2. The highest BCUT2D eigenvalue weighted by Crippen LogP contribution is 2.43. The van der Waals surface area contributed by atoms with Gasteiger partial charge >= 0.3 is 19.8 Å². The fourth-order valence-corrected chi connectivity index (χ4v) is 11.2. The number of hydrogen-bond donors (Lipinski definition) is 1. The monoisotopic (exact) mass is 1120 g/mol. The normalized spacial score (nSPS) is 13.2. The fourth-order valence-electron chi connectivity index (χ4n) is 10.5. The first kappa shape index (κ1) is 76.8. The van der Waals surface area contributed by atoms with Crippen molar-refractivity contribution in [2.45, 2.75) is 367 Å². The van der Waals surface area contributed by atoms with E-state index in [0.717, 1.165) is 32.1 Å².